The molecule has 1 unspecified atom stereocenters. The molecule has 172 valence electrons. The molecule has 2 heterocycles. The predicted octanol–water partition coefficient (Wildman–Crippen LogP) is 4.65. The van der Waals surface area contributed by atoms with Crippen molar-refractivity contribution in [1.82, 2.24) is 15.1 Å². The number of nitrogens with one attached hydrogen (secondary N) is 1. The average molecular weight is 434 g/mol. The van der Waals surface area contributed by atoms with E-state index in [1.807, 2.05) is 0 Å². The van der Waals surface area contributed by atoms with Crippen molar-refractivity contribution in [3.05, 3.63) is 65.2 Å². The first kappa shape index (κ1) is 21.9. The Hall–Kier alpha value is -1.88. The van der Waals surface area contributed by atoms with Gasteiger partial charge in [0.05, 0.1) is 7.11 Å². The number of rotatable bonds is 6. The lowest BCUT2D eigenvalue weighted by Crippen LogP contribution is -2.59. The van der Waals surface area contributed by atoms with Gasteiger partial charge in [0.1, 0.15) is 5.75 Å². The van der Waals surface area contributed by atoms with Crippen LogP contribution < -0.4 is 10.1 Å². The summed E-state index contributed by atoms with van der Waals surface area (Å²) in [5.74, 6) is 0.935. The van der Waals surface area contributed by atoms with Crippen LogP contribution in [0.5, 0.6) is 5.75 Å². The fourth-order valence-corrected chi connectivity index (χ4v) is 6.42. The second-order valence-electron chi connectivity index (χ2n) is 10.2. The minimum Gasteiger partial charge on any atom is -0.497 e. The molecule has 2 aromatic rings. The van der Waals surface area contributed by atoms with Gasteiger partial charge in [-0.1, -0.05) is 43.3 Å². The van der Waals surface area contributed by atoms with Gasteiger partial charge in [-0.15, -0.1) is 0 Å². The van der Waals surface area contributed by atoms with E-state index in [0.717, 1.165) is 37.8 Å². The van der Waals surface area contributed by atoms with Crippen molar-refractivity contribution in [1.29, 1.82) is 0 Å². The van der Waals surface area contributed by atoms with Gasteiger partial charge < -0.3 is 10.1 Å². The number of hydrogen-bond acceptors (Lipinski definition) is 4. The van der Waals surface area contributed by atoms with Crippen molar-refractivity contribution in [3.8, 4) is 5.75 Å². The van der Waals surface area contributed by atoms with Crippen molar-refractivity contribution in [2.75, 3.05) is 39.8 Å². The summed E-state index contributed by atoms with van der Waals surface area (Å²) in [6.45, 7) is 9.19. The molecule has 3 aliphatic rings. The zero-order valence-corrected chi connectivity index (χ0v) is 19.9. The summed E-state index contributed by atoms with van der Waals surface area (Å²) in [7, 11) is 1.73. The molecule has 0 bridgehead atoms. The monoisotopic (exact) mass is 433 g/mol. The molecule has 32 heavy (non-hydrogen) atoms. The van der Waals surface area contributed by atoms with Crippen LogP contribution >= 0.6 is 0 Å². The highest BCUT2D eigenvalue weighted by atomic mass is 16.5. The van der Waals surface area contributed by atoms with Gasteiger partial charge >= 0.3 is 0 Å². The molecule has 1 saturated carbocycles. The third-order valence-electron chi connectivity index (χ3n) is 8.34. The average Bonchev–Trinajstić information content (AvgIpc) is 2.83. The lowest BCUT2D eigenvalue weighted by Gasteiger charge is -2.57. The van der Waals surface area contributed by atoms with Gasteiger partial charge in [0.25, 0.3) is 0 Å². The fourth-order valence-electron chi connectivity index (χ4n) is 6.42. The maximum atomic E-state index is 5.34. The van der Waals surface area contributed by atoms with E-state index >= 15 is 0 Å². The second kappa shape index (κ2) is 9.54. The Labute approximate surface area is 193 Å². The standard InChI is InChI=1S/C28H39N3O/c1-3-23-6-4-5-7-26(23)27-21-30(20-22-8-10-25(32-2)11-9-22)16-17-31(27)24-18-28(19-24)12-14-29-15-13-28/h4-11,24,27,29H,3,12-21H2,1-2H3. The summed E-state index contributed by atoms with van der Waals surface area (Å²) < 4.78 is 5.34. The van der Waals surface area contributed by atoms with E-state index in [1.54, 1.807) is 12.7 Å². The van der Waals surface area contributed by atoms with Gasteiger partial charge in [0.2, 0.25) is 0 Å². The third kappa shape index (κ3) is 4.46. The highest BCUT2D eigenvalue weighted by Gasteiger charge is 2.48. The Balaban J connectivity index is 1.33. The molecule has 2 aromatic carbocycles. The Morgan fingerprint density at radius 2 is 1.75 bits per heavy atom. The van der Waals surface area contributed by atoms with Gasteiger partial charge in [-0.25, -0.2) is 0 Å². The van der Waals surface area contributed by atoms with Crippen LogP contribution in [0.15, 0.2) is 48.5 Å². The first-order chi connectivity index (χ1) is 15.7. The molecule has 0 aromatic heterocycles. The van der Waals surface area contributed by atoms with E-state index in [1.165, 1.54) is 56.4 Å². The van der Waals surface area contributed by atoms with Crippen LogP contribution in [0.2, 0.25) is 0 Å². The Bertz CT molecular complexity index is 882. The molecule has 1 N–H and O–H groups in total. The minimum atomic E-state index is 0.502. The van der Waals surface area contributed by atoms with Crippen molar-refractivity contribution in [2.24, 2.45) is 5.41 Å². The summed E-state index contributed by atoms with van der Waals surface area (Å²) in [6, 6.07) is 19.0. The molecule has 0 radical (unpaired) electrons. The number of ether oxygens (including phenoxy) is 1. The van der Waals surface area contributed by atoms with Crippen LogP contribution in [-0.4, -0.2) is 55.7 Å². The number of methoxy groups -OCH3 is 1. The molecule has 1 atom stereocenters. The Morgan fingerprint density at radius 3 is 2.47 bits per heavy atom. The largest absolute Gasteiger partial charge is 0.497 e. The Kier molecular flexibility index (Phi) is 6.54. The number of nitrogens with zero attached hydrogens (tertiary/aromatic N) is 2. The number of aryl methyl sites for hydroxylation is 1. The molecule has 3 fully saturated rings. The summed E-state index contributed by atoms with van der Waals surface area (Å²) in [5, 5.41) is 3.56. The minimum absolute atomic E-state index is 0.502. The van der Waals surface area contributed by atoms with Gasteiger partial charge in [-0.3, -0.25) is 9.80 Å². The summed E-state index contributed by atoms with van der Waals surface area (Å²) >= 11 is 0. The van der Waals surface area contributed by atoms with E-state index in [4.69, 9.17) is 4.74 Å². The van der Waals surface area contributed by atoms with E-state index in [9.17, 15) is 0 Å². The first-order valence-corrected chi connectivity index (χ1v) is 12.6. The van der Waals surface area contributed by atoms with Crippen LogP contribution in [0.4, 0.5) is 0 Å². The van der Waals surface area contributed by atoms with Gasteiger partial charge in [0, 0.05) is 38.3 Å². The lowest BCUT2D eigenvalue weighted by atomic mass is 9.60. The van der Waals surface area contributed by atoms with Gasteiger partial charge in [-0.2, -0.15) is 0 Å². The normalized spacial score (nSPS) is 24.4. The smallest absolute Gasteiger partial charge is 0.118 e. The molecular formula is C28H39N3O. The van der Waals surface area contributed by atoms with Crippen LogP contribution in [-0.2, 0) is 13.0 Å². The SMILES string of the molecule is CCc1ccccc1C1CN(Cc2ccc(OC)cc2)CCN1C1CC2(CCNCC2)C1. The van der Waals surface area contributed by atoms with Crippen molar-refractivity contribution < 1.29 is 4.74 Å². The van der Waals surface area contributed by atoms with Crippen LogP contribution in [0.25, 0.3) is 0 Å². The summed E-state index contributed by atoms with van der Waals surface area (Å²) in [4.78, 5) is 5.54. The fraction of sp³-hybridized carbons (Fsp3) is 0.571. The van der Waals surface area contributed by atoms with Gasteiger partial charge in [0.15, 0.2) is 0 Å². The van der Waals surface area contributed by atoms with E-state index in [-0.39, 0.29) is 0 Å². The maximum Gasteiger partial charge on any atom is 0.118 e. The molecule has 1 spiro atoms. The predicted molar refractivity (Wildman–Crippen MR) is 131 cm³/mol. The Morgan fingerprint density at radius 1 is 1.00 bits per heavy atom. The number of hydrogen-bond donors (Lipinski definition) is 1. The van der Waals surface area contributed by atoms with E-state index < -0.39 is 0 Å². The summed E-state index contributed by atoms with van der Waals surface area (Å²) in [5.41, 5.74) is 5.08. The molecule has 4 nitrogen and oxygen atoms in total. The van der Waals surface area contributed by atoms with E-state index in [0.29, 0.717) is 11.5 Å². The zero-order chi connectivity index (χ0) is 22.0. The lowest BCUT2D eigenvalue weighted by molar-refractivity contribution is -0.0650. The highest BCUT2D eigenvalue weighted by Crippen LogP contribution is 2.51. The molecule has 4 heteroatoms. The van der Waals surface area contributed by atoms with Crippen molar-refractivity contribution in [3.63, 3.8) is 0 Å². The number of benzene rings is 2. The molecule has 5 rings (SSSR count). The number of piperidine rings is 1. The third-order valence-corrected chi connectivity index (χ3v) is 8.34. The van der Waals surface area contributed by atoms with Gasteiger partial charge in [-0.05, 0) is 79.4 Å². The van der Waals surface area contributed by atoms with Crippen LogP contribution in [0, 0.1) is 5.41 Å². The molecule has 0 amide bonds. The number of piperazine rings is 1. The molecule has 1 aliphatic carbocycles. The zero-order valence-electron chi connectivity index (χ0n) is 19.9. The van der Waals surface area contributed by atoms with Crippen LogP contribution in [0.3, 0.4) is 0 Å². The molecule has 2 saturated heterocycles. The summed E-state index contributed by atoms with van der Waals surface area (Å²) in [6.07, 6.45) is 6.66. The molecular weight excluding hydrogens is 394 g/mol. The van der Waals surface area contributed by atoms with Crippen molar-refractivity contribution >= 4 is 0 Å². The van der Waals surface area contributed by atoms with Crippen molar-refractivity contribution in [2.45, 2.75) is 57.7 Å². The quantitative estimate of drug-likeness (QED) is 0.718. The molecule has 2 aliphatic heterocycles. The first-order valence-electron chi connectivity index (χ1n) is 12.6. The second-order valence-corrected chi connectivity index (χ2v) is 10.2. The maximum absolute atomic E-state index is 5.34. The van der Waals surface area contributed by atoms with E-state index in [2.05, 4.69) is 70.6 Å². The van der Waals surface area contributed by atoms with Crippen LogP contribution in [0.1, 0.15) is 55.3 Å². The highest BCUT2D eigenvalue weighted by molar-refractivity contribution is 5.32. The topological polar surface area (TPSA) is 27.7 Å².